The quantitative estimate of drug-likeness (QED) is 0.580. The number of carbonyl (C=O) groups excluding carboxylic acids is 2. The summed E-state index contributed by atoms with van der Waals surface area (Å²) in [5.41, 5.74) is 7.04. The highest BCUT2D eigenvalue weighted by atomic mass is 35.5. The number of benzene rings is 2. The van der Waals surface area contributed by atoms with Crippen molar-refractivity contribution >= 4 is 33.4 Å². The molecule has 2 amide bonds. The highest BCUT2D eigenvalue weighted by Gasteiger charge is 2.43. The van der Waals surface area contributed by atoms with Crippen molar-refractivity contribution < 1.29 is 22.7 Å². The summed E-state index contributed by atoms with van der Waals surface area (Å²) >= 11 is 5.90. The van der Waals surface area contributed by atoms with E-state index in [1.165, 1.54) is 12.1 Å². The fraction of sp³-hybridized carbons (Fsp3) is 0.440. The Bertz CT molecular complexity index is 1140. The minimum Gasteiger partial charge on any atom is -0.445 e. The van der Waals surface area contributed by atoms with Gasteiger partial charge in [-0.25, -0.2) is 13.2 Å². The number of amides is 2. The summed E-state index contributed by atoms with van der Waals surface area (Å²) in [4.78, 5) is 27.4. The van der Waals surface area contributed by atoms with Gasteiger partial charge in [0, 0.05) is 23.7 Å². The lowest BCUT2D eigenvalue weighted by Crippen LogP contribution is -2.51. The Morgan fingerprint density at radius 2 is 1.80 bits per heavy atom. The summed E-state index contributed by atoms with van der Waals surface area (Å²) in [7, 11) is -3.59. The minimum atomic E-state index is -3.59. The summed E-state index contributed by atoms with van der Waals surface area (Å²) < 4.78 is 31.4. The second-order valence-electron chi connectivity index (χ2n) is 9.21. The third-order valence-corrected chi connectivity index (χ3v) is 8.84. The summed E-state index contributed by atoms with van der Waals surface area (Å²) in [6.45, 7) is 0.558. The number of hydrogen-bond donors (Lipinski definition) is 2. The van der Waals surface area contributed by atoms with Crippen molar-refractivity contribution in [3.05, 3.63) is 65.2 Å². The molecule has 4 rings (SSSR count). The van der Waals surface area contributed by atoms with E-state index in [2.05, 4.69) is 5.32 Å². The van der Waals surface area contributed by atoms with Crippen molar-refractivity contribution in [2.75, 3.05) is 12.3 Å². The van der Waals surface area contributed by atoms with Crippen LogP contribution in [0.1, 0.15) is 31.2 Å². The third-order valence-electron chi connectivity index (χ3n) is 6.73. The Labute approximate surface area is 210 Å². The number of ether oxygens (including phenoxy) is 1. The maximum absolute atomic E-state index is 13.2. The molecule has 3 N–H and O–H groups in total. The Morgan fingerprint density at radius 3 is 2.51 bits per heavy atom. The Morgan fingerprint density at radius 1 is 1.09 bits per heavy atom. The molecule has 2 fully saturated rings. The molecular formula is C25H30ClN3O5S. The first-order valence-electron chi connectivity index (χ1n) is 11.7. The van der Waals surface area contributed by atoms with Crippen molar-refractivity contribution in [2.45, 2.75) is 55.3 Å². The minimum absolute atomic E-state index is 0.103. The molecule has 0 bridgehead atoms. The summed E-state index contributed by atoms with van der Waals surface area (Å²) in [6.07, 6.45) is 1.64. The van der Waals surface area contributed by atoms with Crippen LogP contribution in [-0.2, 0) is 26.0 Å². The van der Waals surface area contributed by atoms with E-state index in [1.54, 1.807) is 17.0 Å². The van der Waals surface area contributed by atoms with Gasteiger partial charge < -0.3 is 20.7 Å². The van der Waals surface area contributed by atoms with Gasteiger partial charge in [0.1, 0.15) is 12.6 Å². The van der Waals surface area contributed by atoms with Gasteiger partial charge in [-0.2, -0.15) is 0 Å². The van der Waals surface area contributed by atoms with E-state index in [-0.39, 0.29) is 41.2 Å². The van der Waals surface area contributed by atoms with E-state index < -0.39 is 22.0 Å². The second-order valence-corrected chi connectivity index (χ2v) is 11.7. The molecular weight excluding hydrogens is 490 g/mol. The van der Waals surface area contributed by atoms with Crippen molar-refractivity contribution in [3.8, 4) is 0 Å². The molecule has 0 spiro atoms. The van der Waals surface area contributed by atoms with Gasteiger partial charge >= 0.3 is 6.09 Å². The molecule has 10 heteroatoms. The van der Waals surface area contributed by atoms with Gasteiger partial charge in [0.2, 0.25) is 5.91 Å². The van der Waals surface area contributed by atoms with E-state index in [1.807, 2.05) is 30.3 Å². The van der Waals surface area contributed by atoms with Crippen LogP contribution in [0.5, 0.6) is 0 Å². The van der Waals surface area contributed by atoms with Gasteiger partial charge in [0.15, 0.2) is 9.84 Å². The lowest BCUT2D eigenvalue weighted by atomic mass is 9.82. The molecule has 35 heavy (non-hydrogen) atoms. The second kappa shape index (κ2) is 11.0. The summed E-state index contributed by atoms with van der Waals surface area (Å²) in [5, 5.41) is 3.13. The Hall–Kier alpha value is -2.62. The van der Waals surface area contributed by atoms with Crippen molar-refractivity contribution in [3.63, 3.8) is 0 Å². The first-order valence-corrected chi connectivity index (χ1v) is 13.8. The number of rotatable bonds is 7. The number of halogens is 1. The van der Waals surface area contributed by atoms with Crippen molar-refractivity contribution in [1.29, 1.82) is 0 Å². The van der Waals surface area contributed by atoms with Crippen LogP contribution in [0.15, 0.2) is 59.5 Å². The first kappa shape index (κ1) is 25.5. The fourth-order valence-corrected chi connectivity index (χ4v) is 6.76. The number of likely N-dealkylation sites (tertiary alicyclic amines) is 1. The maximum Gasteiger partial charge on any atom is 0.408 e. The Kier molecular flexibility index (Phi) is 7.98. The SMILES string of the molecule is N[C@@H]1CC[C@H](N2CC[C@H](NC(=O)OCc3ccccc3)C2=O)[C@H](CS(=O)(=O)c2ccc(Cl)cc2)C1. The molecule has 1 aliphatic carbocycles. The monoisotopic (exact) mass is 519 g/mol. The lowest BCUT2D eigenvalue weighted by Gasteiger charge is -2.40. The standard InChI is InChI=1S/C25H30ClN3O5S/c26-19-6-9-21(10-7-19)35(32,33)16-18-14-20(27)8-11-23(18)29-13-12-22(24(29)30)28-25(31)34-15-17-4-2-1-3-5-17/h1-7,9-10,18,20,22-23H,8,11-16,27H2,(H,28,31)/t18-,20+,22-,23-/m0/s1. The van der Waals surface area contributed by atoms with E-state index in [0.717, 1.165) is 5.56 Å². The lowest BCUT2D eigenvalue weighted by molar-refractivity contribution is -0.132. The number of nitrogens with one attached hydrogen (secondary N) is 1. The van der Waals surface area contributed by atoms with Gasteiger partial charge in [0.05, 0.1) is 10.6 Å². The predicted octanol–water partition coefficient (Wildman–Crippen LogP) is 3.14. The molecule has 1 heterocycles. The van der Waals surface area contributed by atoms with Gasteiger partial charge in [-0.05, 0) is 61.4 Å². The zero-order valence-electron chi connectivity index (χ0n) is 19.3. The molecule has 1 saturated heterocycles. The average molecular weight is 520 g/mol. The Balaban J connectivity index is 1.39. The number of hydrogen-bond acceptors (Lipinski definition) is 6. The summed E-state index contributed by atoms with van der Waals surface area (Å²) in [5.74, 6) is -0.614. The molecule has 2 aromatic rings. The van der Waals surface area contributed by atoms with E-state index in [9.17, 15) is 18.0 Å². The molecule has 0 radical (unpaired) electrons. The molecule has 1 aliphatic heterocycles. The fourth-order valence-electron chi connectivity index (χ4n) is 4.97. The van der Waals surface area contributed by atoms with Crippen LogP contribution in [0.2, 0.25) is 5.02 Å². The van der Waals surface area contributed by atoms with E-state index >= 15 is 0 Å². The smallest absolute Gasteiger partial charge is 0.408 e. The van der Waals surface area contributed by atoms with Crippen LogP contribution >= 0.6 is 11.6 Å². The van der Waals surface area contributed by atoms with Crippen LogP contribution in [0, 0.1) is 5.92 Å². The van der Waals surface area contributed by atoms with Gasteiger partial charge in [-0.3, -0.25) is 4.79 Å². The summed E-state index contributed by atoms with van der Waals surface area (Å²) in [6, 6.07) is 14.3. The molecule has 188 valence electrons. The maximum atomic E-state index is 13.2. The molecule has 0 aromatic heterocycles. The normalized spacial score (nSPS) is 24.9. The molecule has 2 aromatic carbocycles. The van der Waals surface area contributed by atoms with Gasteiger partial charge in [-0.1, -0.05) is 41.9 Å². The number of alkyl carbamates (subject to hydrolysis) is 1. The zero-order chi connectivity index (χ0) is 25.0. The van der Waals surface area contributed by atoms with E-state index in [4.69, 9.17) is 22.1 Å². The molecule has 2 aliphatic rings. The highest BCUT2D eigenvalue weighted by molar-refractivity contribution is 7.91. The molecule has 1 saturated carbocycles. The van der Waals surface area contributed by atoms with Crippen LogP contribution in [0.25, 0.3) is 0 Å². The third kappa shape index (κ3) is 6.34. The largest absolute Gasteiger partial charge is 0.445 e. The average Bonchev–Trinajstić information content (AvgIpc) is 3.18. The number of carbonyl (C=O) groups is 2. The highest BCUT2D eigenvalue weighted by Crippen LogP contribution is 2.33. The van der Waals surface area contributed by atoms with Crippen LogP contribution in [0.4, 0.5) is 4.79 Å². The molecule has 0 unspecified atom stereocenters. The predicted molar refractivity (Wildman–Crippen MR) is 132 cm³/mol. The molecule has 4 atom stereocenters. The number of sulfone groups is 1. The number of nitrogens with zero attached hydrogens (tertiary/aromatic N) is 1. The van der Waals surface area contributed by atoms with Gasteiger partial charge in [-0.15, -0.1) is 0 Å². The van der Waals surface area contributed by atoms with Crippen molar-refractivity contribution in [2.24, 2.45) is 11.7 Å². The van der Waals surface area contributed by atoms with E-state index in [0.29, 0.717) is 37.3 Å². The van der Waals surface area contributed by atoms with Crippen LogP contribution in [-0.4, -0.2) is 55.7 Å². The topological polar surface area (TPSA) is 119 Å². The van der Waals surface area contributed by atoms with Crippen molar-refractivity contribution in [1.82, 2.24) is 10.2 Å². The molecule has 8 nitrogen and oxygen atoms in total. The van der Waals surface area contributed by atoms with Crippen LogP contribution in [0.3, 0.4) is 0 Å². The first-order chi connectivity index (χ1) is 16.7. The zero-order valence-corrected chi connectivity index (χ0v) is 20.9. The van der Waals surface area contributed by atoms with Gasteiger partial charge in [0.25, 0.3) is 0 Å². The number of nitrogens with two attached hydrogens (primary N) is 1. The van der Waals surface area contributed by atoms with Crippen LogP contribution < -0.4 is 11.1 Å².